The summed E-state index contributed by atoms with van der Waals surface area (Å²) in [5.41, 5.74) is 11.3. The Balaban J connectivity index is 1.44. The first-order valence-electron chi connectivity index (χ1n) is 10.4. The molecule has 5 rings (SSSR count). The fourth-order valence-corrected chi connectivity index (χ4v) is 3.73. The molecule has 0 amide bonds. The molecule has 4 heterocycles. The van der Waals surface area contributed by atoms with Crippen LogP contribution in [0, 0.1) is 5.82 Å². The molecule has 4 aromatic heterocycles. The van der Waals surface area contributed by atoms with Crippen molar-refractivity contribution in [2.45, 2.75) is 18.9 Å². The number of aromatic nitrogens is 7. The third-order valence-electron chi connectivity index (χ3n) is 5.36. The predicted octanol–water partition coefficient (Wildman–Crippen LogP) is 3.20. The number of fused-ring (bicyclic) bond motifs is 1. The molecule has 10 heteroatoms. The van der Waals surface area contributed by atoms with E-state index in [2.05, 4.69) is 25.0 Å². The monoisotopic (exact) mass is 444 g/mol. The topological polar surface area (TPSA) is 131 Å². The van der Waals surface area contributed by atoms with Crippen LogP contribution in [0.25, 0.3) is 33.7 Å². The molecule has 0 aliphatic carbocycles. The van der Waals surface area contributed by atoms with Crippen molar-refractivity contribution >= 4 is 17.1 Å². The molecule has 0 radical (unpaired) electrons. The first kappa shape index (κ1) is 20.7. The lowest BCUT2D eigenvalue weighted by Gasteiger charge is -2.11. The molecule has 0 spiro atoms. The van der Waals surface area contributed by atoms with Crippen LogP contribution in [-0.2, 0) is 13.5 Å². The molecule has 0 aliphatic heterocycles. The van der Waals surface area contributed by atoms with Gasteiger partial charge in [-0.25, -0.2) is 24.3 Å². The number of hydrogen-bond donors (Lipinski definition) is 3. The zero-order valence-electron chi connectivity index (χ0n) is 17.8. The van der Waals surface area contributed by atoms with Gasteiger partial charge in [0.05, 0.1) is 29.9 Å². The van der Waals surface area contributed by atoms with Crippen molar-refractivity contribution < 1.29 is 9.50 Å². The van der Waals surface area contributed by atoms with Gasteiger partial charge in [0.2, 0.25) is 5.95 Å². The summed E-state index contributed by atoms with van der Waals surface area (Å²) in [6.45, 7) is 0. The highest BCUT2D eigenvalue weighted by Crippen LogP contribution is 2.28. The van der Waals surface area contributed by atoms with E-state index < -0.39 is 6.10 Å². The minimum absolute atomic E-state index is 0.119. The summed E-state index contributed by atoms with van der Waals surface area (Å²) in [7, 11) is 1.84. The summed E-state index contributed by atoms with van der Waals surface area (Å²) < 4.78 is 15.2. The highest BCUT2D eigenvalue weighted by atomic mass is 19.1. The predicted molar refractivity (Wildman–Crippen MR) is 121 cm³/mol. The van der Waals surface area contributed by atoms with Crippen molar-refractivity contribution in [2.24, 2.45) is 7.05 Å². The number of H-pyrrole nitrogens is 1. The molecule has 0 aliphatic rings. The SMILES string of the molecule is Cn1cc(-c2cnc3[nH]cc(-c4cc(CCC(O)c5cccc(F)c5)nc(N)n4)c3n2)cn1. The summed E-state index contributed by atoms with van der Waals surface area (Å²) >= 11 is 0. The van der Waals surface area contributed by atoms with Gasteiger partial charge in [-0.05, 0) is 36.6 Å². The van der Waals surface area contributed by atoms with Crippen molar-refractivity contribution in [3.8, 4) is 22.5 Å². The molecule has 4 N–H and O–H groups in total. The number of aryl methyl sites for hydroxylation is 2. The van der Waals surface area contributed by atoms with Crippen LogP contribution in [0.15, 0.2) is 55.1 Å². The van der Waals surface area contributed by atoms with Crippen molar-refractivity contribution in [3.05, 3.63) is 72.2 Å². The number of nitrogen functional groups attached to an aromatic ring is 1. The maximum absolute atomic E-state index is 13.5. The number of benzene rings is 1. The molecule has 9 nitrogen and oxygen atoms in total. The minimum atomic E-state index is -0.818. The molecule has 1 atom stereocenters. The standard InChI is InChI=1S/C23H21FN8O/c1-32-12-14(9-28-32)19-11-27-22-21(30-19)17(10-26-22)18-8-16(29-23(25)31-18)5-6-20(33)13-3-2-4-15(24)7-13/h2-4,7-12,20,33H,5-6H2,1H3,(H,26,27)(H2,25,29,31). The van der Waals surface area contributed by atoms with E-state index in [1.54, 1.807) is 35.4 Å². The van der Waals surface area contributed by atoms with Crippen LogP contribution in [0.4, 0.5) is 10.3 Å². The first-order valence-corrected chi connectivity index (χ1v) is 10.4. The number of aliphatic hydroxyl groups is 1. The van der Waals surface area contributed by atoms with Crippen LogP contribution in [0.2, 0.25) is 0 Å². The fourth-order valence-electron chi connectivity index (χ4n) is 3.73. The summed E-state index contributed by atoms with van der Waals surface area (Å²) in [6.07, 6.45) is 7.05. The van der Waals surface area contributed by atoms with Gasteiger partial charge in [-0.15, -0.1) is 0 Å². The molecule has 0 saturated carbocycles. The molecule has 0 saturated heterocycles. The zero-order valence-corrected chi connectivity index (χ0v) is 17.8. The number of anilines is 1. The summed E-state index contributed by atoms with van der Waals surface area (Å²) in [5, 5.41) is 14.6. The molecular formula is C23H21FN8O. The second-order valence-corrected chi connectivity index (χ2v) is 7.77. The number of aromatic amines is 1. The maximum atomic E-state index is 13.5. The fraction of sp³-hybridized carbons (Fsp3) is 0.174. The van der Waals surface area contributed by atoms with Gasteiger partial charge in [0.25, 0.3) is 0 Å². The van der Waals surface area contributed by atoms with E-state index in [9.17, 15) is 9.50 Å². The van der Waals surface area contributed by atoms with Gasteiger partial charge < -0.3 is 15.8 Å². The second-order valence-electron chi connectivity index (χ2n) is 7.77. The maximum Gasteiger partial charge on any atom is 0.220 e. The number of aliphatic hydroxyl groups excluding tert-OH is 1. The Morgan fingerprint density at radius 2 is 2.03 bits per heavy atom. The number of rotatable bonds is 6. The highest BCUT2D eigenvalue weighted by Gasteiger charge is 2.15. The summed E-state index contributed by atoms with van der Waals surface area (Å²) in [6, 6.07) is 7.76. The van der Waals surface area contributed by atoms with Crippen molar-refractivity contribution in [2.75, 3.05) is 5.73 Å². The first-order chi connectivity index (χ1) is 16.0. The Labute approximate surface area is 188 Å². The van der Waals surface area contributed by atoms with Crippen LogP contribution < -0.4 is 5.73 Å². The number of hydrogen-bond acceptors (Lipinski definition) is 7. The third-order valence-corrected chi connectivity index (χ3v) is 5.36. The average molecular weight is 444 g/mol. The van der Waals surface area contributed by atoms with Crippen molar-refractivity contribution in [3.63, 3.8) is 0 Å². The normalized spacial score (nSPS) is 12.3. The van der Waals surface area contributed by atoms with E-state index in [0.717, 1.165) is 11.1 Å². The van der Waals surface area contributed by atoms with Crippen molar-refractivity contribution in [1.82, 2.24) is 34.7 Å². The summed E-state index contributed by atoms with van der Waals surface area (Å²) in [4.78, 5) is 21.0. The van der Waals surface area contributed by atoms with E-state index in [0.29, 0.717) is 46.7 Å². The minimum Gasteiger partial charge on any atom is -0.388 e. The van der Waals surface area contributed by atoms with Crippen molar-refractivity contribution in [1.29, 1.82) is 0 Å². The van der Waals surface area contributed by atoms with Crippen LogP contribution in [0.3, 0.4) is 0 Å². The lowest BCUT2D eigenvalue weighted by Crippen LogP contribution is -2.04. The molecular weight excluding hydrogens is 423 g/mol. The van der Waals surface area contributed by atoms with Crippen LogP contribution in [0.5, 0.6) is 0 Å². The highest BCUT2D eigenvalue weighted by molar-refractivity contribution is 5.90. The van der Waals surface area contributed by atoms with E-state index in [1.165, 1.54) is 12.1 Å². The lowest BCUT2D eigenvalue weighted by atomic mass is 10.0. The smallest absolute Gasteiger partial charge is 0.220 e. The van der Waals surface area contributed by atoms with Gasteiger partial charge in [0.15, 0.2) is 5.65 Å². The van der Waals surface area contributed by atoms with E-state index in [1.807, 2.05) is 19.3 Å². The van der Waals surface area contributed by atoms with Gasteiger partial charge in [-0.1, -0.05) is 12.1 Å². The number of nitrogens with two attached hydrogens (primary N) is 1. The number of nitrogens with one attached hydrogen (secondary N) is 1. The molecule has 0 bridgehead atoms. The Kier molecular flexibility index (Phi) is 5.27. The van der Waals surface area contributed by atoms with Gasteiger partial charge >= 0.3 is 0 Å². The quantitative estimate of drug-likeness (QED) is 0.366. The number of nitrogens with zero attached hydrogens (tertiary/aromatic N) is 6. The van der Waals surface area contributed by atoms with Gasteiger partial charge in [0.1, 0.15) is 11.3 Å². The van der Waals surface area contributed by atoms with Gasteiger partial charge in [-0.2, -0.15) is 5.10 Å². The molecule has 166 valence electrons. The Morgan fingerprint density at radius 1 is 1.15 bits per heavy atom. The molecule has 1 aromatic carbocycles. The van der Waals surface area contributed by atoms with E-state index >= 15 is 0 Å². The Morgan fingerprint density at radius 3 is 2.82 bits per heavy atom. The molecule has 5 aromatic rings. The second kappa shape index (κ2) is 8.40. The lowest BCUT2D eigenvalue weighted by molar-refractivity contribution is 0.167. The Bertz CT molecular complexity index is 1440. The Hall–Kier alpha value is -4.18. The zero-order chi connectivity index (χ0) is 22.9. The average Bonchev–Trinajstić information content (AvgIpc) is 3.43. The largest absolute Gasteiger partial charge is 0.388 e. The van der Waals surface area contributed by atoms with Crippen LogP contribution in [0.1, 0.15) is 23.8 Å². The molecule has 0 fully saturated rings. The van der Waals surface area contributed by atoms with Gasteiger partial charge in [-0.3, -0.25) is 4.68 Å². The molecule has 33 heavy (non-hydrogen) atoms. The summed E-state index contributed by atoms with van der Waals surface area (Å²) in [5.74, 6) is -0.264. The van der Waals surface area contributed by atoms with E-state index in [4.69, 9.17) is 10.7 Å². The van der Waals surface area contributed by atoms with Crippen LogP contribution in [-0.4, -0.2) is 39.8 Å². The van der Waals surface area contributed by atoms with E-state index in [-0.39, 0.29) is 11.8 Å². The molecule has 1 unspecified atom stereocenters. The van der Waals surface area contributed by atoms with Crippen LogP contribution >= 0.6 is 0 Å². The number of halogens is 1. The third kappa shape index (κ3) is 4.28. The van der Waals surface area contributed by atoms with Gasteiger partial charge in [0, 0.05) is 36.3 Å².